The maximum Gasteiger partial charge on any atom is 0.237 e. The van der Waals surface area contributed by atoms with Gasteiger partial charge in [0, 0.05) is 17.9 Å². The molecule has 5 nitrogen and oxygen atoms in total. The molecule has 0 amide bonds. The molecule has 118 valence electrons. The fraction of sp³-hybridized carbons (Fsp3) is 0.750. The van der Waals surface area contributed by atoms with Crippen molar-refractivity contribution in [2.45, 2.75) is 50.1 Å². The van der Waals surface area contributed by atoms with Gasteiger partial charge >= 0.3 is 0 Å². The molecule has 1 heterocycles. The molecular weight excluding hydrogens is 264 g/mol. The van der Waals surface area contributed by atoms with Crippen molar-refractivity contribution in [2.24, 2.45) is 0 Å². The predicted octanol–water partition coefficient (Wildman–Crippen LogP) is 2.40. The second kappa shape index (κ2) is 7.18. The Morgan fingerprint density at radius 2 is 1.76 bits per heavy atom. The zero-order valence-corrected chi connectivity index (χ0v) is 13.7. The Bertz CT molecular complexity index is 442. The molecule has 1 saturated carbocycles. The molecule has 0 bridgehead atoms. The molecule has 1 aromatic rings. The molecule has 0 aliphatic heterocycles. The van der Waals surface area contributed by atoms with Crippen molar-refractivity contribution in [3.05, 3.63) is 18.1 Å². The van der Waals surface area contributed by atoms with Crippen LogP contribution >= 0.6 is 0 Å². The van der Waals surface area contributed by atoms with E-state index >= 15 is 0 Å². The summed E-state index contributed by atoms with van der Waals surface area (Å²) >= 11 is 0. The minimum absolute atomic E-state index is 0.0641. The number of hydrogen-bond acceptors (Lipinski definition) is 5. The molecule has 1 atom stereocenters. The highest BCUT2D eigenvalue weighted by Gasteiger charge is 2.43. The Hall–Kier alpha value is -1.20. The highest BCUT2D eigenvalue weighted by molar-refractivity contribution is 5.25. The van der Waals surface area contributed by atoms with Gasteiger partial charge < -0.3 is 15.0 Å². The van der Waals surface area contributed by atoms with Gasteiger partial charge in [0.25, 0.3) is 0 Å². The van der Waals surface area contributed by atoms with Gasteiger partial charge in [0.15, 0.2) is 0 Å². The molecule has 1 N–H and O–H groups in total. The number of rotatable bonds is 5. The summed E-state index contributed by atoms with van der Waals surface area (Å²) in [7, 11) is 8.03. The summed E-state index contributed by atoms with van der Waals surface area (Å²) < 4.78 is 5.44. The summed E-state index contributed by atoms with van der Waals surface area (Å²) in [5, 5.41) is 3.49. The van der Waals surface area contributed by atoms with E-state index in [1.165, 1.54) is 38.5 Å². The highest BCUT2D eigenvalue weighted by atomic mass is 16.5. The molecule has 21 heavy (non-hydrogen) atoms. The van der Waals surface area contributed by atoms with Gasteiger partial charge in [-0.3, -0.25) is 4.98 Å². The second-order valence-corrected chi connectivity index (χ2v) is 6.08. The SMILES string of the molecule is CNC(c1nccnc1OC)C1(N(C)C)CCCCCC1. The maximum atomic E-state index is 5.44. The Morgan fingerprint density at radius 1 is 1.14 bits per heavy atom. The molecule has 1 aromatic heterocycles. The van der Waals surface area contributed by atoms with Crippen molar-refractivity contribution >= 4 is 0 Å². The van der Waals surface area contributed by atoms with Gasteiger partial charge in [0.2, 0.25) is 5.88 Å². The summed E-state index contributed by atoms with van der Waals surface area (Å²) in [5.41, 5.74) is 0.979. The predicted molar refractivity (Wildman–Crippen MR) is 84.5 cm³/mol. The van der Waals surface area contributed by atoms with E-state index in [9.17, 15) is 0 Å². The van der Waals surface area contributed by atoms with Crippen LogP contribution in [-0.2, 0) is 0 Å². The Balaban J connectivity index is 2.44. The van der Waals surface area contributed by atoms with Crippen molar-refractivity contribution < 1.29 is 4.74 Å². The van der Waals surface area contributed by atoms with Crippen LogP contribution in [0.15, 0.2) is 12.4 Å². The minimum Gasteiger partial charge on any atom is -0.480 e. The molecule has 1 aliphatic carbocycles. The molecule has 0 spiro atoms. The fourth-order valence-electron chi connectivity index (χ4n) is 3.69. The lowest BCUT2D eigenvalue weighted by Gasteiger charge is -2.45. The first-order chi connectivity index (χ1) is 10.2. The molecule has 0 aromatic carbocycles. The standard InChI is InChI=1S/C16H28N4O/c1-17-14(13-15(21-4)19-12-11-18-13)16(20(2)3)9-7-5-6-8-10-16/h11-12,14,17H,5-10H2,1-4H3. The van der Waals surface area contributed by atoms with E-state index in [-0.39, 0.29) is 11.6 Å². The first kappa shape index (κ1) is 16.2. The lowest BCUT2D eigenvalue weighted by Crippen LogP contribution is -2.53. The summed E-state index contributed by atoms with van der Waals surface area (Å²) in [6.45, 7) is 0. The third-order valence-corrected chi connectivity index (χ3v) is 4.84. The minimum atomic E-state index is 0.0641. The number of methoxy groups -OCH3 is 1. The lowest BCUT2D eigenvalue weighted by molar-refractivity contribution is 0.0800. The van der Waals surface area contributed by atoms with Crippen LogP contribution in [0.3, 0.4) is 0 Å². The first-order valence-electron chi connectivity index (χ1n) is 7.85. The van der Waals surface area contributed by atoms with E-state index in [1.54, 1.807) is 19.5 Å². The number of hydrogen-bond donors (Lipinski definition) is 1. The third kappa shape index (κ3) is 3.19. The molecule has 1 unspecified atom stereocenters. The molecule has 1 fully saturated rings. The summed E-state index contributed by atoms with van der Waals surface area (Å²) in [4.78, 5) is 11.3. The topological polar surface area (TPSA) is 50.3 Å². The van der Waals surface area contributed by atoms with Crippen molar-refractivity contribution in [3.63, 3.8) is 0 Å². The van der Waals surface area contributed by atoms with E-state index in [1.807, 2.05) is 7.05 Å². The van der Waals surface area contributed by atoms with E-state index < -0.39 is 0 Å². The van der Waals surface area contributed by atoms with Gasteiger partial charge in [-0.25, -0.2) is 4.98 Å². The number of nitrogens with zero attached hydrogens (tertiary/aromatic N) is 3. The Kier molecular flexibility index (Phi) is 5.53. The monoisotopic (exact) mass is 292 g/mol. The molecule has 1 aliphatic rings. The van der Waals surface area contributed by atoms with Crippen molar-refractivity contribution in [1.29, 1.82) is 0 Å². The van der Waals surface area contributed by atoms with Crippen LogP contribution in [0, 0.1) is 0 Å². The zero-order valence-electron chi connectivity index (χ0n) is 13.7. The van der Waals surface area contributed by atoms with Crippen LogP contribution in [0.4, 0.5) is 0 Å². The van der Waals surface area contributed by atoms with Gasteiger partial charge in [0.1, 0.15) is 5.69 Å². The highest BCUT2D eigenvalue weighted by Crippen LogP contribution is 2.42. The fourth-order valence-corrected chi connectivity index (χ4v) is 3.69. The normalized spacial score (nSPS) is 20.0. The van der Waals surface area contributed by atoms with E-state index in [2.05, 4.69) is 34.3 Å². The molecular formula is C16H28N4O. The van der Waals surface area contributed by atoms with E-state index in [0.717, 1.165) is 5.69 Å². The summed E-state index contributed by atoms with van der Waals surface area (Å²) in [6.07, 6.45) is 11.0. The average molecular weight is 292 g/mol. The Morgan fingerprint density at radius 3 is 2.29 bits per heavy atom. The molecule has 0 saturated heterocycles. The van der Waals surface area contributed by atoms with Crippen LogP contribution in [-0.4, -0.2) is 48.7 Å². The number of ether oxygens (including phenoxy) is 1. The third-order valence-electron chi connectivity index (χ3n) is 4.84. The van der Waals surface area contributed by atoms with E-state index in [0.29, 0.717) is 5.88 Å². The number of nitrogens with one attached hydrogen (secondary N) is 1. The van der Waals surface area contributed by atoms with Crippen LogP contribution in [0.25, 0.3) is 0 Å². The van der Waals surface area contributed by atoms with Gasteiger partial charge in [-0.05, 0) is 34.0 Å². The van der Waals surface area contributed by atoms with Crippen LogP contribution in [0.2, 0.25) is 0 Å². The van der Waals surface area contributed by atoms with Crippen LogP contribution in [0.5, 0.6) is 5.88 Å². The molecule has 0 radical (unpaired) electrons. The smallest absolute Gasteiger partial charge is 0.237 e. The maximum absolute atomic E-state index is 5.44. The van der Waals surface area contributed by atoms with Gasteiger partial charge in [-0.15, -0.1) is 0 Å². The van der Waals surface area contributed by atoms with Crippen LogP contribution < -0.4 is 10.1 Å². The summed E-state index contributed by atoms with van der Waals surface area (Å²) in [6, 6.07) is 0.120. The van der Waals surface area contributed by atoms with Gasteiger partial charge in [-0.1, -0.05) is 25.7 Å². The van der Waals surface area contributed by atoms with E-state index in [4.69, 9.17) is 4.74 Å². The summed E-state index contributed by atoms with van der Waals surface area (Å²) in [5.74, 6) is 0.627. The lowest BCUT2D eigenvalue weighted by atomic mass is 9.79. The van der Waals surface area contributed by atoms with Crippen molar-refractivity contribution in [2.75, 3.05) is 28.3 Å². The second-order valence-electron chi connectivity index (χ2n) is 6.08. The quantitative estimate of drug-likeness (QED) is 0.845. The average Bonchev–Trinajstić information content (AvgIpc) is 2.75. The van der Waals surface area contributed by atoms with Gasteiger partial charge in [0.05, 0.1) is 13.2 Å². The zero-order chi connectivity index (χ0) is 15.3. The molecule has 5 heteroatoms. The van der Waals surface area contributed by atoms with Gasteiger partial charge in [-0.2, -0.15) is 0 Å². The van der Waals surface area contributed by atoms with Crippen molar-refractivity contribution in [1.82, 2.24) is 20.2 Å². The number of aromatic nitrogens is 2. The largest absolute Gasteiger partial charge is 0.480 e. The number of likely N-dealkylation sites (N-methyl/N-ethyl adjacent to an activating group) is 2. The van der Waals surface area contributed by atoms with Crippen molar-refractivity contribution in [3.8, 4) is 5.88 Å². The first-order valence-corrected chi connectivity index (χ1v) is 7.85. The Labute approximate surface area is 128 Å². The molecule has 2 rings (SSSR count). The van der Waals surface area contributed by atoms with Crippen LogP contribution in [0.1, 0.15) is 50.3 Å².